The SMILES string of the molecule is CCCCCC(CCC)c1ccc(C)cc1. The molecular weight excluding hydrogens is 192 g/mol. The summed E-state index contributed by atoms with van der Waals surface area (Å²) >= 11 is 0. The lowest BCUT2D eigenvalue weighted by atomic mass is 9.89. The van der Waals surface area contributed by atoms with Crippen LogP contribution in [0.5, 0.6) is 0 Å². The molecule has 0 saturated heterocycles. The summed E-state index contributed by atoms with van der Waals surface area (Å²) in [5.74, 6) is 0.789. The van der Waals surface area contributed by atoms with Crippen molar-refractivity contribution in [3.05, 3.63) is 35.4 Å². The molecule has 1 aromatic carbocycles. The first-order chi connectivity index (χ1) is 7.77. The minimum absolute atomic E-state index is 0.789. The van der Waals surface area contributed by atoms with Crippen LogP contribution in [-0.4, -0.2) is 0 Å². The highest BCUT2D eigenvalue weighted by Gasteiger charge is 2.09. The van der Waals surface area contributed by atoms with E-state index in [0.717, 1.165) is 5.92 Å². The van der Waals surface area contributed by atoms with E-state index in [1.165, 1.54) is 44.1 Å². The molecule has 0 saturated carbocycles. The van der Waals surface area contributed by atoms with Gasteiger partial charge in [-0.1, -0.05) is 69.4 Å². The van der Waals surface area contributed by atoms with Gasteiger partial charge in [0.15, 0.2) is 0 Å². The van der Waals surface area contributed by atoms with Crippen molar-refractivity contribution >= 4 is 0 Å². The van der Waals surface area contributed by atoms with E-state index in [1.807, 2.05) is 0 Å². The van der Waals surface area contributed by atoms with E-state index in [2.05, 4.69) is 45.0 Å². The predicted octanol–water partition coefficient (Wildman–Crippen LogP) is 5.46. The zero-order chi connectivity index (χ0) is 11.8. The second-order valence-corrected chi connectivity index (χ2v) is 4.89. The molecule has 0 heteroatoms. The minimum atomic E-state index is 0.789. The Morgan fingerprint density at radius 1 is 0.875 bits per heavy atom. The van der Waals surface area contributed by atoms with Gasteiger partial charge < -0.3 is 0 Å². The summed E-state index contributed by atoms with van der Waals surface area (Å²) < 4.78 is 0. The van der Waals surface area contributed by atoms with Crippen LogP contribution in [0.2, 0.25) is 0 Å². The van der Waals surface area contributed by atoms with Crippen molar-refractivity contribution in [3.63, 3.8) is 0 Å². The van der Waals surface area contributed by atoms with Gasteiger partial charge in [-0.2, -0.15) is 0 Å². The number of hydrogen-bond donors (Lipinski definition) is 0. The van der Waals surface area contributed by atoms with Crippen molar-refractivity contribution in [1.29, 1.82) is 0 Å². The number of benzene rings is 1. The second kappa shape index (κ2) is 7.49. The highest BCUT2D eigenvalue weighted by Crippen LogP contribution is 2.27. The number of aryl methyl sites for hydroxylation is 1. The van der Waals surface area contributed by atoms with E-state index in [4.69, 9.17) is 0 Å². The van der Waals surface area contributed by atoms with Crippen LogP contribution in [0.15, 0.2) is 24.3 Å². The van der Waals surface area contributed by atoms with Crippen LogP contribution in [0.3, 0.4) is 0 Å². The van der Waals surface area contributed by atoms with E-state index in [9.17, 15) is 0 Å². The molecule has 16 heavy (non-hydrogen) atoms. The van der Waals surface area contributed by atoms with Gasteiger partial charge >= 0.3 is 0 Å². The highest BCUT2D eigenvalue weighted by atomic mass is 14.1. The Morgan fingerprint density at radius 3 is 2.12 bits per heavy atom. The zero-order valence-corrected chi connectivity index (χ0v) is 11.1. The first kappa shape index (κ1) is 13.3. The summed E-state index contributed by atoms with van der Waals surface area (Å²) in [6.45, 7) is 6.73. The summed E-state index contributed by atoms with van der Waals surface area (Å²) in [6, 6.07) is 9.14. The van der Waals surface area contributed by atoms with E-state index < -0.39 is 0 Å². The summed E-state index contributed by atoms with van der Waals surface area (Å²) in [6.07, 6.45) is 8.09. The van der Waals surface area contributed by atoms with Crippen molar-refractivity contribution in [1.82, 2.24) is 0 Å². The van der Waals surface area contributed by atoms with E-state index in [-0.39, 0.29) is 0 Å². The van der Waals surface area contributed by atoms with Crippen molar-refractivity contribution in [2.24, 2.45) is 0 Å². The van der Waals surface area contributed by atoms with Gasteiger partial charge in [0.05, 0.1) is 0 Å². The Balaban J connectivity index is 2.57. The summed E-state index contributed by atoms with van der Waals surface area (Å²) in [4.78, 5) is 0. The first-order valence-corrected chi connectivity index (χ1v) is 6.84. The molecular formula is C16H26. The molecule has 0 nitrogen and oxygen atoms in total. The van der Waals surface area contributed by atoms with Gasteiger partial charge in [0.1, 0.15) is 0 Å². The normalized spacial score (nSPS) is 12.7. The first-order valence-electron chi connectivity index (χ1n) is 6.84. The van der Waals surface area contributed by atoms with Crippen molar-refractivity contribution in [3.8, 4) is 0 Å². The largest absolute Gasteiger partial charge is 0.0654 e. The Kier molecular flexibility index (Phi) is 6.22. The van der Waals surface area contributed by atoms with Gasteiger partial charge in [-0.25, -0.2) is 0 Å². The lowest BCUT2D eigenvalue weighted by Gasteiger charge is -2.16. The maximum atomic E-state index is 2.32. The third-order valence-corrected chi connectivity index (χ3v) is 3.34. The molecule has 1 aromatic rings. The van der Waals surface area contributed by atoms with Crippen LogP contribution < -0.4 is 0 Å². The van der Waals surface area contributed by atoms with Gasteiger partial charge in [-0.3, -0.25) is 0 Å². The maximum absolute atomic E-state index is 2.32. The zero-order valence-electron chi connectivity index (χ0n) is 11.1. The maximum Gasteiger partial charge on any atom is -0.0162 e. The lowest BCUT2D eigenvalue weighted by Crippen LogP contribution is -1.98. The summed E-state index contributed by atoms with van der Waals surface area (Å²) in [5, 5.41) is 0. The molecule has 1 atom stereocenters. The monoisotopic (exact) mass is 218 g/mol. The van der Waals surface area contributed by atoms with Crippen molar-refractivity contribution in [2.45, 2.75) is 65.2 Å². The van der Waals surface area contributed by atoms with E-state index >= 15 is 0 Å². The fourth-order valence-corrected chi connectivity index (χ4v) is 2.31. The molecule has 0 bridgehead atoms. The predicted molar refractivity (Wildman–Crippen MR) is 73.0 cm³/mol. The fraction of sp³-hybridized carbons (Fsp3) is 0.625. The van der Waals surface area contributed by atoms with Crippen LogP contribution in [0.1, 0.15) is 69.4 Å². The van der Waals surface area contributed by atoms with E-state index in [0.29, 0.717) is 0 Å². The average molecular weight is 218 g/mol. The molecule has 0 spiro atoms. The molecule has 0 aliphatic carbocycles. The van der Waals surface area contributed by atoms with Crippen LogP contribution in [0.25, 0.3) is 0 Å². The number of unbranched alkanes of at least 4 members (excludes halogenated alkanes) is 2. The Morgan fingerprint density at radius 2 is 1.56 bits per heavy atom. The van der Waals surface area contributed by atoms with Crippen LogP contribution >= 0.6 is 0 Å². The molecule has 0 aliphatic heterocycles. The van der Waals surface area contributed by atoms with Gasteiger partial charge in [-0.05, 0) is 31.2 Å². The standard InChI is InChI=1S/C16H26/c1-4-6-7-9-15(8-5-2)16-12-10-14(3)11-13-16/h10-13,15H,4-9H2,1-3H3. The molecule has 1 unspecified atom stereocenters. The molecule has 0 fully saturated rings. The van der Waals surface area contributed by atoms with Crippen molar-refractivity contribution < 1.29 is 0 Å². The molecule has 0 radical (unpaired) electrons. The van der Waals surface area contributed by atoms with Crippen LogP contribution in [0.4, 0.5) is 0 Å². The number of hydrogen-bond acceptors (Lipinski definition) is 0. The topological polar surface area (TPSA) is 0 Å². The fourth-order valence-electron chi connectivity index (χ4n) is 2.31. The molecule has 0 aliphatic rings. The lowest BCUT2D eigenvalue weighted by molar-refractivity contribution is 0.529. The Bertz CT molecular complexity index is 271. The molecule has 0 aromatic heterocycles. The Labute approximate surface area is 101 Å². The minimum Gasteiger partial charge on any atom is -0.0654 e. The molecule has 0 heterocycles. The van der Waals surface area contributed by atoms with Gasteiger partial charge in [0.2, 0.25) is 0 Å². The van der Waals surface area contributed by atoms with Gasteiger partial charge in [-0.15, -0.1) is 0 Å². The quantitative estimate of drug-likeness (QED) is 0.533. The third-order valence-electron chi connectivity index (χ3n) is 3.34. The average Bonchev–Trinajstić information content (AvgIpc) is 2.29. The van der Waals surface area contributed by atoms with Crippen LogP contribution in [0, 0.1) is 6.92 Å². The van der Waals surface area contributed by atoms with Crippen molar-refractivity contribution in [2.75, 3.05) is 0 Å². The summed E-state index contributed by atoms with van der Waals surface area (Å²) in [7, 11) is 0. The van der Waals surface area contributed by atoms with Crippen LogP contribution in [-0.2, 0) is 0 Å². The van der Waals surface area contributed by atoms with Gasteiger partial charge in [0.25, 0.3) is 0 Å². The molecule has 0 N–H and O–H groups in total. The molecule has 1 rings (SSSR count). The third kappa shape index (κ3) is 4.38. The smallest absolute Gasteiger partial charge is 0.0162 e. The molecule has 90 valence electrons. The van der Waals surface area contributed by atoms with Gasteiger partial charge in [0, 0.05) is 0 Å². The van der Waals surface area contributed by atoms with E-state index in [1.54, 1.807) is 5.56 Å². The second-order valence-electron chi connectivity index (χ2n) is 4.89. The Hall–Kier alpha value is -0.780. The number of rotatable bonds is 7. The summed E-state index contributed by atoms with van der Waals surface area (Å²) in [5.41, 5.74) is 2.91. The molecule has 0 amide bonds. The highest BCUT2D eigenvalue weighted by molar-refractivity contribution is 5.24.